The van der Waals surface area contributed by atoms with Crippen molar-refractivity contribution in [3.8, 4) is 11.1 Å². The number of nitrogens with zero attached hydrogens (tertiary/aromatic N) is 1. The van der Waals surface area contributed by atoms with Crippen molar-refractivity contribution in [3.05, 3.63) is 48.4 Å². The van der Waals surface area contributed by atoms with Crippen LogP contribution in [0.2, 0.25) is 0 Å². The molecule has 1 N–H and O–H groups in total. The van der Waals surface area contributed by atoms with Gasteiger partial charge in [-0.3, -0.25) is 4.79 Å². The van der Waals surface area contributed by atoms with Crippen LogP contribution in [0.1, 0.15) is 30.1 Å². The third kappa shape index (κ3) is 2.28. The molecule has 0 aliphatic carbocycles. The van der Waals surface area contributed by atoms with Crippen molar-refractivity contribution >= 4 is 11.9 Å². The monoisotopic (exact) mass is 299 g/mol. The minimum absolute atomic E-state index is 0.243. The average Bonchev–Trinajstić information content (AvgIpc) is 3.17. The van der Waals surface area contributed by atoms with E-state index in [2.05, 4.69) is 0 Å². The molecule has 114 valence electrons. The van der Waals surface area contributed by atoms with E-state index in [1.54, 1.807) is 37.6 Å². The molecular weight excluding hydrogens is 282 g/mol. The first-order chi connectivity index (χ1) is 10.5. The number of furan rings is 1. The summed E-state index contributed by atoms with van der Waals surface area (Å²) in [5.74, 6) is -1.20. The van der Waals surface area contributed by atoms with Gasteiger partial charge < -0.3 is 14.4 Å². The zero-order valence-electron chi connectivity index (χ0n) is 12.3. The van der Waals surface area contributed by atoms with Gasteiger partial charge in [0.15, 0.2) is 0 Å². The highest BCUT2D eigenvalue weighted by atomic mass is 16.4. The number of carboxylic acid groups (broad SMARTS) is 1. The number of hydrogen-bond donors (Lipinski definition) is 1. The van der Waals surface area contributed by atoms with Gasteiger partial charge in [0.05, 0.1) is 12.5 Å². The second kappa shape index (κ2) is 5.33. The fourth-order valence-corrected chi connectivity index (χ4v) is 2.93. The van der Waals surface area contributed by atoms with Gasteiger partial charge in [-0.2, -0.15) is 0 Å². The van der Waals surface area contributed by atoms with Crippen molar-refractivity contribution in [2.24, 2.45) is 0 Å². The maximum absolute atomic E-state index is 12.7. The first-order valence-corrected chi connectivity index (χ1v) is 7.20. The Morgan fingerprint density at radius 3 is 2.77 bits per heavy atom. The lowest BCUT2D eigenvalue weighted by molar-refractivity contribution is -0.147. The van der Waals surface area contributed by atoms with E-state index in [-0.39, 0.29) is 5.91 Å². The van der Waals surface area contributed by atoms with Crippen molar-refractivity contribution in [1.29, 1.82) is 0 Å². The van der Waals surface area contributed by atoms with E-state index in [9.17, 15) is 14.7 Å². The van der Waals surface area contributed by atoms with E-state index < -0.39 is 11.5 Å². The van der Waals surface area contributed by atoms with Crippen LogP contribution in [0.3, 0.4) is 0 Å². The van der Waals surface area contributed by atoms with E-state index in [0.29, 0.717) is 24.9 Å². The Balaban J connectivity index is 1.93. The van der Waals surface area contributed by atoms with Crippen LogP contribution in [-0.4, -0.2) is 34.0 Å². The second-order valence-electron chi connectivity index (χ2n) is 5.73. The van der Waals surface area contributed by atoms with Crippen molar-refractivity contribution in [2.45, 2.75) is 25.3 Å². The number of amides is 1. The molecule has 1 aliphatic rings. The third-order valence-electron chi connectivity index (χ3n) is 4.31. The van der Waals surface area contributed by atoms with Crippen LogP contribution in [0.4, 0.5) is 0 Å². The van der Waals surface area contributed by atoms with Crippen LogP contribution in [0.25, 0.3) is 11.1 Å². The molecule has 1 amide bonds. The summed E-state index contributed by atoms with van der Waals surface area (Å²) in [4.78, 5) is 25.7. The van der Waals surface area contributed by atoms with E-state index in [1.165, 1.54) is 4.90 Å². The lowest BCUT2D eigenvalue weighted by Crippen LogP contribution is -2.50. The summed E-state index contributed by atoms with van der Waals surface area (Å²) in [7, 11) is 0. The average molecular weight is 299 g/mol. The quantitative estimate of drug-likeness (QED) is 0.945. The maximum Gasteiger partial charge on any atom is 0.329 e. The molecule has 1 aliphatic heterocycles. The molecule has 0 radical (unpaired) electrons. The molecule has 3 rings (SSSR count). The SMILES string of the molecule is CC1(C(=O)O)CCCN1C(=O)c1cccc(-c2ccoc2)c1. The molecule has 0 spiro atoms. The van der Waals surface area contributed by atoms with Gasteiger partial charge >= 0.3 is 5.97 Å². The van der Waals surface area contributed by atoms with Gasteiger partial charge in [0.1, 0.15) is 5.54 Å². The van der Waals surface area contributed by atoms with E-state index in [1.807, 2.05) is 12.1 Å². The molecule has 5 heteroatoms. The summed E-state index contributed by atoms with van der Waals surface area (Å²) >= 11 is 0. The fraction of sp³-hybridized carbons (Fsp3) is 0.294. The Morgan fingerprint density at radius 1 is 1.27 bits per heavy atom. The molecule has 2 heterocycles. The third-order valence-corrected chi connectivity index (χ3v) is 4.31. The standard InChI is InChI=1S/C17H17NO4/c1-17(16(20)21)7-3-8-18(17)15(19)13-5-2-4-12(10-13)14-6-9-22-11-14/h2,4-6,9-11H,3,7-8H2,1H3,(H,20,21). The fourth-order valence-electron chi connectivity index (χ4n) is 2.93. The lowest BCUT2D eigenvalue weighted by atomic mass is 9.98. The van der Waals surface area contributed by atoms with Crippen molar-refractivity contribution in [3.63, 3.8) is 0 Å². The van der Waals surface area contributed by atoms with Crippen LogP contribution >= 0.6 is 0 Å². The van der Waals surface area contributed by atoms with Crippen molar-refractivity contribution < 1.29 is 19.1 Å². The van der Waals surface area contributed by atoms with Crippen LogP contribution < -0.4 is 0 Å². The molecule has 1 saturated heterocycles. The topological polar surface area (TPSA) is 70.8 Å². The predicted octanol–water partition coefficient (Wildman–Crippen LogP) is 3.03. The van der Waals surface area contributed by atoms with Gasteiger partial charge in [-0.1, -0.05) is 12.1 Å². The van der Waals surface area contributed by atoms with Gasteiger partial charge in [0.2, 0.25) is 0 Å². The molecule has 1 aromatic carbocycles. The molecule has 2 aromatic rings. The first-order valence-electron chi connectivity index (χ1n) is 7.20. The predicted molar refractivity (Wildman–Crippen MR) is 80.5 cm³/mol. The number of benzene rings is 1. The highest BCUT2D eigenvalue weighted by Gasteiger charge is 2.46. The smallest absolute Gasteiger partial charge is 0.329 e. The molecule has 1 aromatic heterocycles. The molecule has 22 heavy (non-hydrogen) atoms. The summed E-state index contributed by atoms with van der Waals surface area (Å²) in [6.45, 7) is 2.08. The van der Waals surface area contributed by atoms with Crippen LogP contribution in [0, 0.1) is 0 Å². The molecule has 0 saturated carbocycles. The van der Waals surface area contributed by atoms with Gasteiger partial charge in [0.25, 0.3) is 5.91 Å². The van der Waals surface area contributed by atoms with Crippen LogP contribution in [0.5, 0.6) is 0 Å². The number of carbonyl (C=O) groups is 2. The van der Waals surface area contributed by atoms with Gasteiger partial charge in [-0.15, -0.1) is 0 Å². The Labute approximate surface area is 128 Å². The second-order valence-corrected chi connectivity index (χ2v) is 5.73. The number of carbonyl (C=O) groups excluding carboxylic acids is 1. The highest BCUT2D eigenvalue weighted by molar-refractivity contribution is 5.99. The molecule has 0 bridgehead atoms. The van der Waals surface area contributed by atoms with E-state index in [0.717, 1.165) is 11.1 Å². The maximum atomic E-state index is 12.7. The summed E-state index contributed by atoms with van der Waals surface area (Å²) in [6, 6.07) is 8.99. The van der Waals surface area contributed by atoms with Crippen molar-refractivity contribution in [2.75, 3.05) is 6.54 Å². The largest absolute Gasteiger partial charge is 0.480 e. The number of hydrogen-bond acceptors (Lipinski definition) is 3. The number of carboxylic acids is 1. The zero-order chi connectivity index (χ0) is 15.7. The minimum atomic E-state index is -1.12. The highest BCUT2D eigenvalue weighted by Crippen LogP contribution is 2.31. The number of aliphatic carboxylic acids is 1. The first kappa shape index (κ1) is 14.4. The Hall–Kier alpha value is -2.56. The Kier molecular flexibility index (Phi) is 3.48. The zero-order valence-corrected chi connectivity index (χ0v) is 12.3. The molecule has 5 nitrogen and oxygen atoms in total. The lowest BCUT2D eigenvalue weighted by Gasteiger charge is -2.31. The normalized spacial score (nSPS) is 21.0. The number of likely N-dealkylation sites (tertiary alicyclic amines) is 1. The van der Waals surface area contributed by atoms with Crippen LogP contribution in [-0.2, 0) is 4.79 Å². The van der Waals surface area contributed by atoms with Crippen molar-refractivity contribution in [1.82, 2.24) is 4.90 Å². The molecule has 1 unspecified atom stereocenters. The van der Waals surface area contributed by atoms with Crippen LogP contribution in [0.15, 0.2) is 47.3 Å². The van der Waals surface area contributed by atoms with E-state index >= 15 is 0 Å². The summed E-state index contributed by atoms with van der Waals surface area (Å²) in [5.41, 5.74) is 1.13. The van der Waals surface area contributed by atoms with Gasteiger partial charge in [-0.25, -0.2) is 4.79 Å². The summed E-state index contributed by atoms with van der Waals surface area (Å²) < 4.78 is 5.06. The van der Waals surface area contributed by atoms with E-state index in [4.69, 9.17) is 4.42 Å². The Bertz CT molecular complexity index is 707. The van der Waals surface area contributed by atoms with Gasteiger partial charge in [0, 0.05) is 17.7 Å². The molecular formula is C17H17NO4. The minimum Gasteiger partial charge on any atom is -0.480 e. The molecule has 1 fully saturated rings. The Morgan fingerprint density at radius 2 is 2.09 bits per heavy atom. The molecule has 1 atom stereocenters. The van der Waals surface area contributed by atoms with Gasteiger partial charge in [-0.05, 0) is 43.5 Å². The number of rotatable bonds is 3. The summed E-state index contributed by atoms with van der Waals surface area (Å²) in [5, 5.41) is 9.44. The summed E-state index contributed by atoms with van der Waals surface area (Å²) in [6.07, 6.45) is 4.37.